The highest BCUT2D eigenvalue weighted by atomic mass is 32.1. The highest BCUT2D eigenvalue weighted by Gasteiger charge is 2.50. The third kappa shape index (κ3) is 6.59. The van der Waals surface area contributed by atoms with E-state index in [1.54, 1.807) is 26.8 Å². The highest BCUT2D eigenvalue weighted by molar-refractivity contribution is 7.17. The van der Waals surface area contributed by atoms with Crippen LogP contribution >= 0.6 is 11.3 Å². The van der Waals surface area contributed by atoms with Crippen LogP contribution in [0.5, 0.6) is 0 Å². The van der Waals surface area contributed by atoms with Crippen molar-refractivity contribution in [3.63, 3.8) is 0 Å². The van der Waals surface area contributed by atoms with Gasteiger partial charge in [0.25, 0.3) is 0 Å². The smallest absolute Gasteiger partial charge is 0.410 e. The van der Waals surface area contributed by atoms with Crippen LogP contribution in [-0.2, 0) is 4.74 Å². The lowest BCUT2D eigenvalue weighted by molar-refractivity contribution is -0.190. The minimum absolute atomic E-state index is 0.0873. The van der Waals surface area contributed by atoms with Crippen LogP contribution in [0.25, 0.3) is 11.1 Å². The molecule has 1 unspecified atom stereocenters. The standard InChI is InChI=1S/C22H29F3N4O3S/c1-8-13(3)16-17(14(4)9-2)33-18(26-16)27-19(30)28-10-11-29(15(12-28)22(23,24)25)20(31)32-21(5,6)7/h8-9,15H,2,4,10-12H2,1,3,5-7H3,(H,26,27,30)/b13-8+. The van der Waals surface area contributed by atoms with Gasteiger partial charge in [0.15, 0.2) is 5.13 Å². The first-order chi connectivity index (χ1) is 15.2. The maximum Gasteiger partial charge on any atom is 0.410 e. The Labute approximate surface area is 195 Å². The summed E-state index contributed by atoms with van der Waals surface area (Å²) in [5, 5.41) is 2.80. The Morgan fingerprint density at radius 2 is 1.91 bits per heavy atom. The number of nitrogens with one attached hydrogen (secondary N) is 1. The number of rotatable bonds is 4. The lowest BCUT2D eigenvalue weighted by atomic mass is 10.1. The largest absolute Gasteiger partial charge is 0.444 e. The molecule has 0 aromatic carbocycles. The number of anilines is 1. The Kier molecular flexibility index (Phi) is 8.00. The lowest BCUT2D eigenvalue weighted by Gasteiger charge is -2.41. The first kappa shape index (κ1) is 26.4. The molecule has 1 aliphatic heterocycles. The van der Waals surface area contributed by atoms with Crippen molar-refractivity contribution in [2.24, 2.45) is 0 Å². The number of urea groups is 1. The topological polar surface area (TPSA) is 74.8 Å². The van der Waals surface area contributed by atoms with E-state index in [0.717, 1.165) is 21.8 Å². The second kappa shape index (κ2) is 9.98. The van der Waals surface area contributed by atoms with Gasteiger partial charge < -0.3 is 9.64 Å². The molecule has 182 valence electrons. The Bertz CT molecular complexity index is 944. The third-order valence-corrected chi connectivity index (χ3v) is 5.91. The average molecular weight is 487 g/mol. The second-order valence-electron chi connectivity index (χ2n) is 8.51. The summed E-state index contributed by atoms with van der Waals surface area (Å²) in [7, 11) is 0. The zero-order valence-electron chi connectivity index (χ0n) is 19.4. The summed E-state index contributed by atoms with van der Waals surface area (Å²) in [6.45, 7) is 14.9. The van der Waals surface area contributed by atoms with Crippen molar-refractivity contribution in [1.29, 1.82) is 0 Å². The number of aromatic nitrogens is 1. The number of piperazine rings is 1. The molecule has 2 rings (SSSR count). The molecule has 11 heteroatoms. The van der Waals surface area contributed by atoms with Crippen molar-refractivity contribution in [2.75, 3.05) is 25.0 Å². The molecule has 0 bridgehead atoms. The summed E-state index contributed by atoms with van der Waals surface area (Å²) in [6.07, 6.45) is -2.38. The van der Waals surface area contributed by atoms with Crippen molar-refractivity contribution in [1.82, 2.24) is 14.8 Å². The van der Waals surface area contributed by atoms with Gasteiger partial charge in [-0.25, -0.2) is 14.6 Å². The molecule has 1 aromatic heterocycles. The van der Waals surface area contributed by atoms with Crippen LogP contribution in [0.3, 0.4) is 0 Å². The molecule has 0 aliphatic carbocycles. The fourth-order valence-corrected chi connectivity index (χ4v) is 4.03. The Balaban J connectivity index is 2.21. The molecule has 1 N–H and O–H groups in total. The summed E-state index contributed by atoms with van der Waals surface area (Å²) in [5.74, 6) is 0. The van der Waals surface area contributed by atoms with Gasteiger partial charge >= 0.3 is 18.3 Å². The van der Waals surface area contributed by atoms with E-state index < -0.39 is 36.5 Å². The molecule has 2 heterocycles. The predicted octanol–water partition coefficient (Wildman–Crippen LogP) is 5.78. The summed E-state index contributed by atoms with van der Waals surface area (Å²) < 4.78 is 46.3. The van der Waals surface area contributed by atoms with Gasteiger partial charge in [-0.05, 0) is 45.8 Å². The number of hydrogen-bond acceptors (Lipinski definition) is 5. The van der Waals surface area contributed by atoms with Crippen molar-refractivity contribution in [3.8, 4) is 0 Å². The molecule has 1 aromatic rings. The minimum atomic E-state index is -4.73. The quantitative estimate of drug-likeness (QED) is 0.548. The van der Waals surface area contributed by atoms with E-state index in [4.69, 9.17) is 4.74 Å². The maximum absolute atomic E-state index is 13.7. The van der Waals surface area contributed by atoms with Crippen LogP contribution in [0.15, 0.2) is 25.3 Å². The number of ether oxygens (including phenoxy) is 1. The molecule has 0 radical (unpaired) electrons. The summed E-state index contributed by atoms with van der Waals surface area (Å²) in [4.78, 5) is 31.8. The van der Waals surface area contributed by atoms with Gasteiger partial charge in [0.05, 0.1) is 17.1 Å². The Hall–Kier alpha value is -2.82. The number of halogens is 3. The van der Waals surface area contributed by atoms with Gasteiger partial charge in [-0.3, -0.25) is 10.2 Å². The fraction of sp³-hybridized carbons (Fsp3) is 0.500. The number of amides is 3. The number of nitrogens with zero attached hydrogens (tertiary/aromatic N) is 3. The number of carbonyl (C=O) groups is 2. The lowest BCUT2D eigenvalue weighted by Crippen LogP contribution is -2.62. The van der Waals surface area contributed by atoms with Crippen LogP contribution in [0, 0.1) is 0 Å². The normalized spacial score (nSPS) is 17.6. The van der Waals surface area contributed by atoms with E-state index in [9.17, 15) is 22.8 Å². The van der Waals surface area contributed by atoms with Crippen LogP contribution in [0.1, 0.15) is 45.2 Å². The van der Waals surface area contributed by atoms with Gasteiger partial charge in [0.2, 0.25) is 0 Å². The molecule has 0 saturated carbocycles. The van der Waals surface area contributed by atoms with Crippen LogP contribution in [0.2, 0.25) is 0 Å². The van der Waals surface area contributed by atoms with E-state index >= 15 is 0 Å². The van der Waals surface area contributed by atoms with Crippen molar-refractivity contribution < 1.29 is 27.5 Å². The van der Waals surface area contributed by atoms with E-state index in [1.165, 1.54) is 0 Å². The monoisotopic (exact) mass is 486 g/mol. The summed E-state index contributed by atoms with van der Waals surface area (Å²) in [6, 6.07) is -2.91. The fourth-order valence-electron chi connectivity index (χ4n) is 3.05. The number of carbonyl (C=O) groups excluding carboxylic acids is 2. The molecule has 7 nitrogen and oxygen atoms in total. The Morgan fingerprint density at radius 1 is 1.27 bits per heavy atom. The molecule has 1 fully saturated rings. The molecule has 0 spiro atoms. The van der Waals surface area contributed by atoms with Gasteiger partial charge in [0.1, 0.15) is 11.6 Å². The molecular weight excluding hydrogens is 457 g/mol. The molecule has 33 heavy (non-hydrogen) atoms. The van der Waals surface area contributed by atoms with E-state index in [1.807, 2.05) is 19.9 Å². The molecule has 1 saturated heterocycles. The van der Waals surface area contributed by atoms with Gasteiger partial charge in [0, 0.05) is 13.1 Å². The predicted molar refractivity (Wildman–Crippen MR) is 124 cm³/mol. The first-order valence-electron chi connectivity index (χ1n) is 10.3. The van der Waals surface area contributed by atoms with Crippen molar-refractivity contribution in [2.45, 2.75) is 52.4 Å². The SMILES string of the molecule is C=CC(=C)c1sc(NC(=O)N2CCN(C(=O)OC(C)(C)C)C(C(F)(F)F)C2)nc1/C(C)=C/C. The zero-order valence-corrected chi connectivity index (χ0v) is 20.2. The maximum atomic E-state index is 13.7. The number of hydrogen-bond donors (Lipinski definition) is 1. The van der Waals surface area contributed by atoms with Crippen molar-refractivity contribution >= 4 is 39.7 Å². The van der Waals surface area contributed by atoms with Crippen LogP contribution in [-0.4, -0.2) is 64.4 Å². The molecular formula is C22H29F3N4O3S. The van der Waals surface area contributed by atoms with Crippen LogP contribution in [0.4, 0.5) is 27.9 Å². The van der Waals surface area contributed by atoms with E-state index in [0.29, 0.717) is 21.0 Å². The average Bonchev–Trinajstić information content (AvgIpc) is 3.13. The van der Waals surface area contributed by atoms with Crippen LogP contribution < -0.4 is 5.32 Å². The molecule has 1 aliphatic rings. The molecule has 1 atom stereocenters. The zero-order chi connectivity index (χ0) is 25.1. The van der Waals surface area contributed by atoms with Gasteiger partial charge in [-0.2, -0.15) is 13.2 Å². The first-order valence-corrected chi connectivity index (χ1v) is 11.1. The number of alkyl halides is 3. The number of allylic oxidation sites excluding steroid dienone is 4. The highest BCUT2D eigenvalue weighted by Crippen LogP contribution is 2.34. The van der Waals surface area contributed by atoms with Gasteiger partial charge in [-0.15, -0.1) is 0 Å². The van der Waals surface area contributed by atoms with Gasteiger partial charge in [-0.1, -0.05) is 36.6 Å². The Morgan fingerprint density at radius 3 is 2.42 bits per heavy atom. The number of thiazole rings is 1. The molecule has 3 amide bonds. The summed E-state index contributed by atoms with van der Waals surface area (Å²) in [5.41, 5.74) is 1.15. The second-order valence-corrected chi connectivity index (χ2v) is 9.50. The minimum Gasteiger partial charge on any atom is -0.444 e. The van der Waals surface area contributed by atoms with Crippen molar-refractivity contribution in [3.05, 3.63) is 35.9 Å². The summed E-state index contributed by atoms with van der Waals surface area (Å²) >= 11 is 1.16. The van der Waals surface area contributed by atoms with E-state index in [-0.39, 0.29) is 18.2 Å². The third-order valence-electron chi connectivity index (χ3n) is 4.86. The van der Waals surface area contributed by atoms with E-state index in [2.05, 4.69) is 23.5 Å².